The molecule has 0 aromatic rings. The van der Waals surface area contributed by atoms with Crippen LogP contribution < -0.4 is 0 Å². The van der Waals surface area contributed by atoms with Crippen LogP contribution in [0.15, 0.2) is 5.11 Å². The van der Waals surface area contributed by atoms with Gasteiger partial charge in [0.05, 0.1) is 6.61 Å². The van der Waals surface area contributed by atoms with Gasteiger partial charge in [-0.25, -0.2) is 0 Å². The second-order valence-electron chi connectivity index (χ2n) is 5.26. The zero-order chi connectivity index (χ0) is 12.1. The third-order valence-corrected chi connectivity index (χ3v) is 4.34. The molecule has 2 fully saturated rings. The highest BCUT2D eigenvalue weighted by atomic mass is 16.5. The monoisotopic (exact) mass is 238 g/mol. The fourth-order valence-electron chi connectivity index (χ4n) is 3.23. The molecule has 0 unspecified atom stereocenters. The molecule has 0 aromatic heterocycles. The summed E-state index contributed by atoms with van der Waals surface area (Å²) in [7, 11) is 0. The summed E-state index contributed by atoms with van der Waals surface area (Å²) in [6, 6.07) is 0. The predicted octanol–water partition coefficient (Wildman–Crippen LogP) is 2.44. The quantitative estimate of drug-likeness (QED) is 0.405. The van der Waals surface area contributed by atoms with Crippen molar-refractivity contribution in [1.82, 2.24) is 4.90 Å². The summed E-state index contributed by atoms with van der Waals surface area (Å²) >= 11 is 0. The van der Waals surface area contributed by atoms with Gasteiger partial charge < -0.3 is 9.64 Å². The molecule has 1 aliphatic heterocycles. The van der Waals surface area contributed by atoms with Crippen molar-refractivity contribution in [3.63, 3.8) is 0 Å². The van der Waals surface area contributed by atoms with Crippen molar-refractivity contribution in [2.75, 3.05) is 39.4 Å². The minimum Gasteiger partial charge on any atom is -0.381 e. The molecule has 96 valence electrons. The molecule has 2 rings (SSSR count). The summed E-state index contributed by atoms with van der Waals surface area (Å²) < 4.78 is 5.61. The van der Waals surface area contributed by atoms with Crippen molar-refractivity contribution in [2.45, 2.75) is 26.2 Å². The normalized spacial score (nSPS) is 26.8. The first-order chi connectivity index (χ1) is 8.30. The molecule has 1 saturated heterocycles. The highest BCUT2D eigenvalue weighted by molar-refractivity contribution is 5.01. The Morgan fingerprint density at radius 3 is 2.94 bits per heavy atom. The fraction of sp³-hybridized carbons (Fsp3) is 1.00. The van der Waals surface area contributed by atoms with Gasteiger partial charge in [-0.3, -0.25) is 0 Å². The lowest BCUT2D eigenvalue weighted by Crippen LogP contribution is -2.39. The maximum absolute atomic E-state index is 8.29. The largest absolute Gasteiger partial charge is 0.381 e. The number of likely N-dealkylation sites (tertiary alicyclic amines) is 1. The summed E-state index contributed by atoms with van der Waals surface area (Å²) in [5.74, 6) is 0.683. The molecule has 1 atom stereocenters. The van der Waals surface area contributed by atoms with Gasteiger partial charge in [0.2, 0.25) is 0 Å². The smallest absolute Gasteiger partial charge is 0.0512 e. The van der Waals surface area contributed by atoms with E-state index in [9.17, 15) is 0 Å². The van der Waals surface area contributed by atoms with Crippen LogP contribution in [0, 0.1) is 11.3 Å². The van der Waals surface area contributed by atoms with Gasteiger partial charge >= 0.3 is 0 Å². The van der Waals surface area contributed by atoms with E-state index in [-0.39, 0.29) is 0 Å². The topological polar surface area (TPSA) is 61.2 Å². The van der Waals surface area contributed by atoms with Crippen LogP contribution in [0.3, 0.4) is 0 Å². The van der Waals surface area contributed by atoms with E-state index in [1.807, 2.05) is 0 Å². The van der Waals surface area contributed by atoms with Gasteiger partial charge in [-0.1, -0.05) is 11.5 Å². The van der Waals surface area contributed by atoms with E-state index in [1.54, 1.807) is 0 Å². The molecule has 0 amide bonds. The number of nitrogens with zero attached hydrogens (tertiary/aromatic N) is 4. The van der Waals surface area contributed by atoms with E-state index in [1.165, 1.54) is 25.8 Å². The Morgan fingerprint density at radius 1 is 1.53 bits per heavy atom. The van der Waals surface area contributed by atoms with E-state index in [2.05, 4.69) is 21.8 Å². The minimum atomic E-state index is 0.519. The third-order valence-electron chi connectivity index (χ3n) is 4.34. The second-order valence-corrected chi connectivity index (χ2v) is 5.26. The number of hydrogen-bond donors (Lipinski definition) is 0. The van der Waals surface area contributed by atoms with Gasteiger partial charge in [-0.2, -0.15) is 0 Å². The Hall–Kier alpha value is -0.770. The highest BCUT2D eigenvalue weighted by Crippen LogP contribution is 2.51. The van der Waals surface area contributed by atoms with Crippen molar-refractivity contribution >= 4 is 0 Å². The molecule has 1 saturated carbocycles. The van der Waals surface area contributed by atoms with Crippen molar-refractivity contribution in [2.24, 2.45) is 16.4 Å². The molecule has 1 spiro atoms. The van der Waals surface area contributed by atoms with Gasteiger partial charge in [0, 0.05) is 43.6 Å². The molecule has 0 bridgehead atoms. The van der Waals surface area contributed by atoms with Crippen LogP contribution in [-0.2, 0) is 4.74 Å². The number of ether oxygens (including phenoxy) is 1. The molecule has 5 heteroatoms. The Bertz CT molecular complexity index is 297. The molecule has 0 radical (unpaired) electrons. The number of azide groups is 1. The van der Waals surface area contributed by atoms with Crippen molar-refractivity contribution < 1.29 is 4.74 Å². The fourth-order valence-corrected chi connectivity index (χ4v) is 3.23. The Labute approximate surface area is 103 Å². The predicted molar refractivity (Wildman–Crippen MR) is 66.7 cm³/mol. The lowest BCUT2D eigenvalue weighted by Gasteiger charge is -2.43. The van der Waals surface area contributed by atoms with Crippen LogP contribution in [0.2, 0.25) is 0 Å². The Kier molecular flexibility index (Phi) is 4.26. The van der Waals surface area contributed by atoms with Gasteiger partial charge in [-0.05, 0) is 30.7 Å². The van der Waals surface area contributed by atoms with Crippen molar-refractivity contribution in [3.05, 3.63) is 10.4 Å². The minimum absolute atomic E-state index is 0.519. The zero-order valence-electron chi connectivity index (χ0n) is 10.6. The summed E-state index contributed by atoms with van der Waals surface area (Å²) in [4.78, 5) is 5.25. The highest BCUT2D eigenvalue weighted by Gasteiger charge is 2.49. The molecule has 2 aliphatic rings. The van der Waals surface area contributed by atoms with Crippen LogP contribution in [0.25, 0.3) is 10.4 Å². The van der Waals surface area contributed by atoms with E-state index in [0.29, 0.717) is 17.9 Å². The molecule has 5 nitrogen and oxygen atoms in total. The van der Waals surface area contributed by atoms with E-state index >= 15 is 0 Å². The van der Waals surface area contributed by atoms with Crippen LogP contribution >= 0.6 is 0 Å². The van der Waals surface area contributed by atoms with Gasteiger partial charge in [-0.15, -0.1) is 0 Å². The standard InChI is InChI=1S/C12H22N4O/c1-2-17-9-11-8-16(7-6-14-15-13)10-12(11)4-3-5-12/h11H,2-10H2,1H3/t11-/m0/s1. The van der Waals surface area contributed by atoms with E-state index in [0.717, 1.165) is 26.3 Å². The lowest BCUT2D eigenvalue weighted by molar-refractivity contribution is 0.0223. The molecule has 1 aliphatic carbocycles. The second kappa shape index (κ2) is 5.71. The summed E-state index contributed by atoms with van der Waals surface area (Å²) in [6.45, 7) is 7.54. The maximum Gasteiger partial charge on any atom is 0.0512 e. The molecule has 1 heterocycles. The average molecular weight is 238 g/mol. The summed E-state index contributed by atoms with van der Waals surface area (Å²) in [6.07, 6.45) is 4.07. The molecule has 0 N–H and O–H groups in total. The Balaban J connectivity index is 1.85. The lowest BCUT2D eigenvalue weighted by atomic mass is 9.63. The van der Waals surface area contributed by atoms with Crippen LogP contribution in [0.4, 0.5) is 0 Å². The van der Waals surface area contributed by atoms with Crippen LogP contribution in [-0.4, -0.2) is 44.3 Å². The number of hydrogen-bond acceptors (Lipinski definition) is 3. The summed E-state index contributed by atoms with van der Waals surface area (Å²) in [5.41, 5.74) is 8.81. The zero-order valence-corrected chi connectivity index (χ0v) is 10.6. The van der Waals surface area contributed by atoms with Gasteiger partial charge in [0.1, 0.15) is 0 Å². The molecule has 17 heavy (non-hydrogen) atoms. The first-order valence-corrected chi connectivity index (χ1v) is 6.62. The summed E-state index contributed by atoms with van der Waals surface area (Å²) in [5, 5.41) is 3.62. The van der Waals surface area contributed by atoms with E-state index in [4.69, 9.17) is 10.3 Å². The van der Waals surface area contributed by atoms with Crippen LogP contribution in [0.1, 0.15) is 26.2 Å². The third kappa shape index (κ3) is 2.73. The van der Waals surface area contributed by atoms with Crippen molar-refractivity contribution in [3.8, 4) is 0 Å². The average Bonchev–Trinajstić information content (AvgIpc) is 2.65. The molecule has 0 aromatic carbocycles. The Morgan fingerprint density at radius 2 is 2.35 bits per heavy atom. The van der Waals surface area contributed by atoms with Crippen molar-refractivity contribution in [1.29, 1.82) is 0 Å². The van der Waals surface area contributed by atoms with Gasteiger partial charge in [0.25, 0.3) is 0 Å². The molecular formula is C12H22N4O. The molecular weight excluding hydrogens is 216 g/mol. The van der Waals surface area contributed by atoms with Crippen LogP contribution in [0.5, 0.6) is 0 Å². The first kappa shape index (κ1) is 12.7. The van der Waals surface area contributed by atoms with Gasteiger partial charge in [0.15, 0.2) is 0 Å². The number of rotatable bonds is 6. The maximum atomic E-state index is 8.29. The SMILES string of the molecule is CCOC[C@@H]1CN(CCN=[N+]=[N-])CC12CCC2. The first-order valence-electron chi connectivity index (χ1n) is 6.62. The van der Waals surface area contributed by atoms with E-state index < -0.39 is 0 Å².